The van der Waals surface area contributed by atoms with Gasteiger partial charge in [-0.15, -0.1) is 21.5 Å². The third kappa shape index (κ3) is 6.59. The van der Waals surface area contributed by atoms with Gasteiger partial charge in [0.1, 0.15) is 0 Å². The van der Waals surface area contributed by atoms with Crippen LogP contribution in [0, 0.1) is 19.8 Å². The standard InChI is InChI=1S/C30H28Cl2N4O5S3/c1-14(2)12-41-21-9-7-17(10-22(21)40-5)24-23(25(37)27-15(3)33-16(4)43-27)26(38)28(39)36(24)29-34-35-30(44-29)42-13-18-6-8-19(31)11-20(18)32/h6-11,14,24,38H,12-13H2,1-5H3. The highest BCUT2D eigenvalue weighted by atomic mass is 35.5. The Bertz CT molecular complexity index is 1770. The van der Waals surface area contributed by atoms with E-state index in [0.717, 1.165) is 5.56 Å². The SMILES string of the molecule is COc1cc(C2C(C(=O)c3sc(C)nc3C)=C(O)C(=O)N2c2nnc(SCc3ccc(Cl)cc3Cl)s2)ccc1OCC(C)C. The summed E-state index contributed by atoms with van der Waals surface area (Å²) in [6.45, 7) is 8.07. The number of Topliss-reactive ketones (excluding diaryl/α,β-unsaturated/α-hetero) is 1. The van der Waals surface area contributed by atoms with Gasteiger partial charge in [0.2, 0.25) is 10.9 Å². The molecule has 44 heavy (non-hydrogen) atoms. The number of thiazole rings is 1. The molecule has 0 aliphatic carbocycles. The molecule has 0 radical (unpaired) electrons. The largest absolute Gasteiger partial charge is 0.503 e. The van der Waals surface area contributed by atoms with Crippen molar-refractivity contribution in [1.82, 2.24) is 15.2 Å². The maximum atomic E-state index is 14.0. The minimum Gasteiger partial charge on any atom is -0.503 e. The van der Waals surface area contributed by atoms with Gasteiger partial charge >= 0.3 is 0 Å². The number of carbonyl (C=O) groups is 2. The molecular formula is C30H28Cl2N4O5S3. The van der Waals surface area contributed by atoms with E-state index in [1.165, 1.54) is 46.4 Å². The highest BCUT2D eigenvalue weighted by molar-refractivity contribution is 8.00. The molecular weight excluding hydrogens is 663 g/mol. The van der Waals surface area contributed by atoms with Crippen LogP contribution in [0.3, 0.4) is 0 Å². The smallest absolute Gasteiger partial charge is 0.296 e. The molecule has 1 amide bonds. The average molecular weight is 692 g/mol. The second-order valence-corrected chi connectivity index (χ2v) is 14.5. The highest BCUT2D eigenvalue weighted by Gasteiger charge is 2.47. The number of hydrogen-bond acceptors (Lipinski definition) is 11. The number of anilines is 1. The molecule has 0 saturated heterocycles. The minimum atomic E-state index is -1.01. The maximum absolute atomic E-state index is 14.0. The average Bonchev–Trinajstić information content (AvgIpc) is 3.66. The van der Waals surface area contributed by atoms with Gasteiger partial charge in [0.25, 0.3) is 5.91 Å². The first-order chi connectivity index (χ1) is 21.0. The number of aliphatic hydroxyl groups excluding tert-OH is 1. The quantitative estimate of drug-likeness (QED) is 0.0948. The third-order valence-corrected chi connectivity index (χ3v) is 10.4. The monoisotopic (exact) mass is 690 g/mol. The molecule has 1 N–H and O–H groups in total. The van der Waals surface area contributed by atoms with Gasteiger partial charge in [-0.05, 0) is 55.2 Å². The molecule has 1 aliphatic rings. The Morgan fingerprint density at radius 3 is 2.55 bits per heavy atom. The molecule has 230 valence electrons. The van der Waals surface area contributed by atoms with Gasteiger partial charge in [-0.25, -0.2) is 4.98 Å². The summed E-state index contributed by atoms with van der Waals surface area (Å²) in [6.07, 6.45) is 0. The number of amides is 1. The molecule has 1 aliphatic heterocycles. The van der Waals surface area contributed by atoms with E-state index >= 15 is 0 Å². The summed E-state index contributed by atoms with van der Waals surface area (Å²) in [6, 6.07) is 9.44. The summed E-state index contributed by atoms with van der Waals surface area (Å²) in [5.74, 6) is -0.168. The molecule has 14 heteroatoms. The normalized spacial score (nSPS) is 15.0. The van der Waals surface area contributed by atoms with E-state index in [4.69, 9.17) is 32.7 Å². The number of benzene rings is 2. The van der Waals surface area contributed by atoms with Crippen LogP contribution in [-0.4, -0.2) is 45.7 Å². The zero-order valence-corrected chi connectivity index (χ0v) is 28.3. The summed E-state index contributed by atoms with van der Waals surface area (Å²) in [5.41, 5.74) is 1.84. The Morgan fingerprint density at radius 1 is 1.11 bits per heavy atom. The molecule has 4 aromatic rings. The predicted octanol–water partition coefficient (Wildman–Crippen LogP) is 8.04. The number of rotatable bonds is 11. The van der Waals surface area contributed by atoms with Gasteiger partial charge in [0, 0.05) is 15.8 Å². The lowest BCUT2D eigenvalue weighted by Gasteiger charge is -2.25. The van der Waals surface area contributed by atoms with Crippen molar-refractivity contribution < 1.29 is 24.2 Å². The second kappa shape index (κ2) is 13.5. The van der Waals surface area contributed by atoms with Crippen molar-refractivity contribution in [3.8, 4) is 11.5 Å². The van der Waals surface area contributed by atoms with Crippen molar-refractivity contribution in [2.75, 3.05) is 18.6 Å². The fourth-order valence-corrected chi connectivity index (χ4v) is 7.88. The number of carbonyl (C=O) groups excluding carboxylic acids is 2. The van der Waals surface area contributed by atoms with Crippen molar-refractivity contribution in [2.24, 2.45) is 5.92 Å². The zero-order chi connectivity index (χ0) is 31.7. The molecule has 9 nitrogen and oxygen atoms in total. The van der Waals surface area contributed by atoms with Crippen LogP contribution in [0.5, 0.6) is 11.5 Å². The lowest BCUT2D eigenvalue weighted by atomic mass is 9.95. The van der Waals surface area contributed by atoms with Crippen LogP contribution >= 0.6 is 57.6 Å². The Kier molecular flexibility index (Phi) is 9.86. The second-order valence-electron chi connectivity index (χ2n) is 10.3. The maximum Gasteiger partial charge on any atom is 0.296 e. The predicted molar refractivity (Wildman–Crippen MR) is 175 cm³/mol. The fourth-order valence-electron chi connectivity index (χ4n) is 4.58. The van der Waals surface area contributed by atoms with Gasteiger partial charge < -0.3 is 14.6 Å². The number of methoxy groups -OCH3 is 1. The number of thioether (sulfide) groups is 1. The molecule has 2 aromatic heterocycles. The van der Waals surface area contributed by atoms with E-state index in [-0.39, 0.29) is 16.6 Å². The summed E-state index contributed by atoms with van der Waals surface area (Å²) in [5, 5.41) is 21.8. The van der Waals surface area contributed by atoms with E-state index in [9.17, 15) is 14.7 Å². The van der Waals surface area contributed by atoms with E-state index in [1.54, 1.807) is 44.2 Å². The molecule has 2 aromatic carbocycles. The van der Waals surface area contributed by atoms with Gasteiger partial charge in [-0.3, -0.25) is 14.5 Å². The summed E-state index contributed by atoms with van der Waals surface area (Å²) in [4.78, 5) is 33.7. The summed E-state index contributed by atoms with van der Waals surface area (Å²) < 4.78 is 12.1. The molecule has 1 atom stereocenters. The van der Waals surface area contributed by atoms with Crippen molar-refractivity contribution >= 4 is 74.5 Å². The van der Waals surface area contributed by atoms with Crippen LogP contribution in [0.25, 0.3) is 0 Å². The molecule has 3 heterocycles. The molecule has 0 fully saturated rings. The van der Waals surface area contributed by atoms with Gasteiger partial charge in [0.05, 0.1) is 40.9 Å². The lowest BCUT2D eigenvalue weighted by Crippen LogP contribution is -2.31. The van der Waals surface area contributed by atoms with Gasteiger partial charge in [0.15, 0.2) is 21.6 Å². The summed E-state index contributed by atoms with van der Waals surface area (Å²) in [7, 11) is 1.52. The summed E-state index contributed by atoms with van der Waals surface area (Å²) >= 11 is 16.1. The molecule has 5 rings (SSSR count). The van der Waals surface area contributed by atoms with E-state index < -0.39 is 23.5 Å². The Morgan fingerprint density at radius 2 is 1.89 bits per heavy atom. The molecule has 0 saturated carbocycles. The highest BCUT2D eigenvalue weighted by Crippen LogP contribution is 2.46. The topological polar surface area (TPSA) is 115 Å². The van der Waals surface area contributed by atoms with E-state index in [2.05, 4.69) is 15.2 Å². The number of halogens is 2. The molecule has 1 unspecified atom stereocenters. The Balaban J connectivity index is 1.53. The minimum absolute atomic E-state index is 0.0722. The third-order valence-electron chi connectivity index (χ3n) is 6.61. The molecule has 0 bridgehead atoms. The number of aromatic nitrogens is 3. The van der Waals surface area contributed by atoms with Crippen molar-refractivity contribution in [3.05, 3.63) is 84.5 Å². The van der Waals surface area contributed by atoms with Gasteiger partial charge in [-0.1, -0.05) is 72.3 Å². The number of aryl methyl sites for hydroxylation is 2. The lowest BCUT2D eigenvalue weighted by molar-refractivity contribution is -0.117. The van der Waals surface area contributed by atoms with Crippen LogP contribution in [0.2, 0.25) is 10.0 Å². The van der Waals surface area contributed by atoms with Crippen LogP contribution in [-0.2, 0) is 10.5 Å². The van der Waals surface area contributed by atoms with Crippen molar-refractivity contribution in [1.29, 1.82) is 0 Å². The van der Waals surface area contributed by atoms with Crippen LogP contribution in [0.1, 0.15) is 51.4 Å². The number of hydrogen-bond donors (Lipinski definition) is 1. The number of nitrogens with zero attached hydrogens (tertiary/aromatic N) is 4. The van der Waals surface area contributed by atoms with Gasteiger partial charge in [-0.2, -0.15) is 0 Å². The Hall–Kier alpha value is -3.16. The van der Waals surface area contributed by atoms with E-state index in [0.29, 0.717) is 59.4 Å². The van der Waals surface area contributed by atoms with Crippen LogP contribution < -0.4 is 14.4 Å². The first-order valence-electron chi connectivity index (χ1n) is 13.4. The number of ether oxygens (including phenoxy) is 2. The number of ketones is 1. The van der Waals surface area contributed by atoms with Crippen molar-refractivity contribution in [2.45, 2.75) is 43.8 Å². The Labute approximate surface area is 276 Å². The van der Waals surface area contributed by atoms with Crippen LogP contribution in [0.15, 0.2) is 52.1 Å². The number of aliphatic hydroxyl groups is 1. The van der Waals surface area contributed by atoms with Crippen LogP contribution in [0.4, 0.5) is 5.13 Å². The fraction of sp³-hybridized carbons (Fsp3) is 0.300. The van der Waals surface area contributed by atoms with Crippen molar-refractivity contribution in [3.63, 3.8) is 0 Å². The zero-order valence-electron chi connectivity index (χ0n) is 24.4. The first kappa shape index (κ1) is 32.2. The van der Waals surface area contributed by atoms with E-state index in [1.807, 2.05) is 19.9 Å². The first-order valence-corrected chi connectivity index (χ1v) is 16.8. The molecule has 0 spiro atoms.